The van der Waals surface area contributed by atoms with Crippen molar-refractivity contribution in [1.82, 2.24) is 4.90 Å². The van der Waals surface area contributed by atoms with Crippen LogP contribution >= 0.6 is 0 Å². The first-order valence-electron chi connectivity index (χ1n) is 5.59. The normalized spacial score (nSPS) is 11.3. The highest BCUT2D eigenvalue weighted by Crippen LogP contribution is 2.18. The van der Waals surface area contributed by atoms with Gasteiger partial charge in [0.2, 0.25) is 5.91 Å². The summed E-state index contributed by atoms with van der Waals surface area (Å²) in [4.78, 5) is 13.4. The summed E-state index contributed by atoms with van der Waals surface area (Å²) in [6.07, 6.45) is 0.289. The number of hydrogen-bond acceptors (Lipinski definition) is 3. The fourth-order valence-electron chi connectivity index (χ4n) is 1.51. The van der Waals surface area contributed by atoms with E-state index in [9.17, 15) is 9.90 Å². The Bertz CT molecular complexity index is 397. The van der Waals surface area contributed by atoms with Gasteiger partial charge in [-0.05, 0) is 19.9 Å². The van der Waals surface area contributed by atoms with Crippen LogP contribution in [-0.2, 0) is 11.3 Å². The molecular weight excluding hydrogens is 216 g/mol. The van der Waals surface area contributed by atoms with Crippen LogP contribution in [0.25, 0.3) is 0 Å². The lowest BCUT2D eigenvalue weighted by Crippen LogP contribution is -2.39. The lowest BCUT2D eigenvalue weighted by atomic mass is 10.0. The predicted molar refractivity (Wildman–Crippen MR) is 67.5 cm³/mol. The van der Waals surface area contributed by atoms with Crippen LogP contribution in [-0.4, -0.2) is 28.5 Å². The lowest BCUT2D eigenvalue weighted by molar-refractivity contribution is -0.131. The monoisotopic (exact) mass is 236 g/mol. The Labute approximate surface area is 102 Å². The molecule has 0 saturated carbocycles. The molecule has 1 aromatic rings. The van der Waals surface area contributed by atoms with Gasteiger partial charge in [-0.3, -0.25) is 4.79 Å². The molecule has 4 nitrogen and oxygen atoms in total. The number of hydrogen-bond donors (Lipinski definition) is 2. The number of benzene rings is 1. The molecule has 0 bridgehead atoms. The average molecular weight is 236 g/mol. The highest BCUT2D eigenvalue weighted by atomic mass is 16.3. The van der Waals surface area contributed by atoms with E-state index in [0.717, 1.165) is 5.56 Å². The van der Waals surface area contributed by atoms with Gasteiger partial charge >= 0.3 is 0 Å². The molecule has 0 fully saturated rings. The summed E-state index contributed by atoms with van der Waals surface area (Å²) in [7, 11) is 1.71. The molecule has 0 saturated heterocycles. The quantitative estimate of drug-likeness (QED) is 0.832. The zero-order valence-electron chi connectivity index (χ0n) is 10.6. The number of phenolic OH excluding ortho intramolecular Hbond substituents is 1. The fraction of sp³-hybridized carbons (Fsp3) is 0.462. The number of carbonyl (C=O) groups excluding carboxylic acids is 1. The molecule has 1 aromatic carbocycles. The van der Waals surface area contributed by atoms with Gasteiger partial charge < -0.3 is 15.7 Å². The van der Waals surface area contributed by atoms with Crippen LogP contribution in [0, 0.1) is 0 Å². The van der Waals surface area contributed by atoms with E-state index >= 15 is 0 Å². The molecular formula is C13H20N2O2. The highest BCUT2D eigenvalue weighted by Gasteiger charge is 2.19. The Hall–Kier alpha value is -1.55. The Morgan fingerprint density at radius 3 is 2.53 bits per heavy atom. The van der Waals surface area contributed by atoms with Crippen LogP contribution in [0.1, 0.15) is 25.8 Å². The van der Waals surface area contributed by atoms with E-state index in [4.69, 9.17) is 5.73 Å². The molecule has 0 radical (unpaired) electrons. The molecule has 0 spiro atoms. The Balaban J connectivity index is 2.64. The van der Waals surface area contributed by atoms with E-state index in [-0.39, 0.29) is 18.1 Å². The van der Waals surface area contributed by atoms with Gasteiger partial charge in [-0.15, -0.1) is 0 Å². The largest absolute Gasteiger partial charge is 0.508 e. The molecule has 0 aliphatic heterocycles. The van der Waals surface area contributed by atoms with Crippen LogP contribution in [0.4, 0.5) is 0 Å². The maximum atomic E-state index is 11.8. The zero-order chi connectivity index (χ0) is 13.1. The van der Waals surface area contributed by atoms with Gasteiger partial charge in [0, 0.05) is 31.1 Å². The van der Waals surface area contributed by atoms with Crippen molar-refractivity contribution in [2.45, 2.75) is 32.4 Å². The van der Waals surface area contributed by atoms with Crippen molar-refractivity contribution in [2.24, 2.45) is 5.73 Å². The summed E-state index contributed by atoms with van der Waals surface area (Å²) in [6, 6.07) is 7.00. The Kier molecular flexibility index (Phi) is 4.12. The number of rotatable bonds is 4. The van der Waals surface area contributed by atoms with Gasteiger partial charge in [0.1, 0.15) is 5.75 Å². The van der Waals surface area contributed by atoms with Gasteiger partial charge in [-0.25, -0.2) is 0 Å². The van der Waals surface area contributed by atoms with E-state index in [1.54, 1.807) is 30.1 Å². The third-order valence-corrected chi connectivity index (χ3v) is 2.43. The molecule has 1 amide bonds. The number of carbonyl (C=O) groups is 1. The van der Waals surface area contributed by atoms with Gasteiger partial charge in [0.25, 0.3) is 0 Å². The molecule has 0 unspecified atom stereocenters. The number of aromatic hydroxyl groups is 1. The fourth-order valence-corrected chi connectivity index (χ4v) is 1.51. The third-order valence-electron chi connectivity index (χ3n) is 2.43. The molecule has 0 aromatic heterocycles. The molecule has 0 aliphatic carbocycles. The second kappa shape index (κ2) is 5.19. The SMILES string of the molecule is CN(Cc1ccccc1O)C(=O)CC(C)(C)N. The van der Waals surface area contributed by atoms with E-state index in [0.29, 0.717) is 6.54 Å². The van der Waals surface area contributed by atoms with Crippen LogP contribution in [0.2, 0.25) is 0 Å². The summed E-state index contributed by atoms with van der Waals surface area (Å²) in [6.45, 7) is 4.03. The zero-order valence-corrected chi connectivity index (χ0v) is 10.6. The Morgan fingerprint density at radius 2 is 2.00 bits per heavy atom. The van der Waals surface area contributed by atoms with Crippen molar-refractivity contribution in [3.05, 3.63) is 29.8 Å². The molecule has 17 heavy (non-hydrogen) atoms. The number of amides is 1. The first-order valence-corrected chi connectivity index (χ1v) is 5.59. The minimum absolute atomic E-state index is 0.0271. The van der Waals surface area contributed by atoms with Crippen LogP contribution < -0.4 is 5.73 Å². The maximum absolute atomic E-state index is 11.8. The number of nitrogens with two attached hydrogens (primary N) is 1. The second-order valence-corrected chi connectivity index (χ2v) is 5.04. The predicted octanol–water partition coefficient (Wildman–Crippen LogP) is 1.48. The van der Waals surface area contributed by atoms with E-state index in [1.165, 1.54) is 0 Å². The van der Waals surface area contributed by atoms with Crippen molar-refractivity contribution >= 4 is 5.91 Å². The maximum Gasteiger partial charge on any atom is 0.224 e. The Morgan fingerprint density at radius 1 is 1.41 bits per heavy atom. The molecule has 4 heteroatoms. The number of para-hydroxylation sites is 1. The van der Waals surface area contributed by atoms with Gasteiger partial charge in [0.15, 0.2) is 0 Å². The lowest BCUT2D eigenvalue weighted by Gasteiger charge is -2.23. The van der Waals surface area contributed by atoms with Gasteiger partial charge in [-0.2, -0.15) is 0 Å². The van der Waals surface area contributed by atoms with Crippen LogP contribution in [0.5, 0.6) is 5.75 Å². The highest BCUT2D eigenvalue weighted by molar-refractivity contribution is 5.77. The third kappa shape index (κ3) is 4.44. The minimum atomic E-state index is -0.510. The van der Waals surface area contributed by atoms with Gasteiger partial charge in [0.05, 0.1) is 0 Å². The smallest absolute Gasteiger partial charge is 0.224 e. The molecule has 0 heterocycles. The number of phenols is 1. The topological polar surface area (TPSA) is 66.6 Å². The summed E-state index contributed by atoms with van der Waals surface area (Å²) in [5.41, 5.74) is 6.03. The molecule has 0 atom stereocenters. The minimum Gasteiger partial charge on any atom is -0.508 e. The van der Waals surface area contributed by atoms with Crippen LogP contribution in [0.15, 0.2) is 24.3 Å². The average Bonchev–Trinajstić information content (AvgIpc) is 2.18. The van der Waals surface area contributed by atoms with Crippen molar-refractivity contribution in [3.63, 3.8) is 0 Å². The van der Waals surface area contributed by atoms with E-state index in [1.807, 2.05) is 19.9 Å². The summed E-state index contributed by atoms with van der Waals surface area (Å²) < 4.78 is 0. The molecule has 3 N–H and O–H groups in total. The van der Waals surface area contributed by atoms with Crippen molar-refractivity contribution in [1.29, 1.82) is 0 Å². The van der Waals surface area contributed by atoms with Gasteiger partial charge in [-0.1, -0.05) is 18.2 Å². The van der Waals surface area contributed by atoms with E-state index < -0.39 is 5.54 Å². The summed E-state index contributed by atoms with van der Waals surface area (Å²) >= 11 is 0. The van der Waals surface area contributed by atoms with Crippen LogP contribution in [0.3, 0.4) is 0 Å². The van der Waals surface area contributed by atoms with Crippen molar-refractivity contribution in [2.75, 3.05) is 7.05 Å². The summed E-state index contributed by atoms with van der Waals surface area (Å²) in [5.74, 6) is 0.180. The first-order chi connectivity index (χ1) is 7.79. The van der Waals surface area contributed by atoms with Crippen molar-refractivity contribution < 1.29 is 9.90 Å². The summed E-state index contributed by atoms with van der Waals surface area (Å²) in [5, 5.41) is 9.61. The van der Waals surface area contributed by atoms with E-state index in [2.05, 4.69) is 0 Å². The molecule has 1 rings (SSSR count). The molecule has 0 aliphatic rings. The number of nitrogens with zero attached hydrogens (tertiary/aromatic N) is 1. The first kappa shape index (κ1) is 13.5. The second-order valence-electron chi connectivity index (χ2n) is 5.04. The molecule has 94 valence electrons. The standard InChI is InChI=1S/C13H20N2O2/c1-13(2,14)8-12(17)15(3)9-10-6-4-5-7-11(10)16/h4-7,16H,8-9,14H2,1-3H3. The van der Waals surface area contributed by atoms with Crippen molar-refractivity contribution in [3.8, 4) is 5.75 Å².